The summed E-state index contributed by atoms with van der Waals surface area (Å²) in [5, 5.41) is 2.94. The number of anilines is 1. The SMILES string of the molecule is CC[C@H](C)C(=O)Nc1cc(C)cc(C)c1. The van der Waals surface area contributed by atoms with Crippen LogP contribution in [0.25, 0.3) is 0 Å². The maximum atomic E-state index is 11.7. The third-order valence-electron chi connectivity index (χ3n) is 2.55. The van der Waals surface area contributed by atoms with Crippen LogP contribution in [0.4, 0.5) is 5.69 Å². The zero-order chi connectivity index (χ0) is 11.4. The molecule has 0 radical (unpaired) electrons. The van der Waals surface area contributed by atoms with Crippen LogP contribution in [0.1, 0.15) is 31.4 Å². The quantitative estimate of drug-likeness (QED) is 0.806. The number of benzene rings is 1. The van der Waals surface area contributed by atoms with Crippen molar-refractivity contribution < 1.29 is 4.79 Å². The second-order valence-electron chi connectivity index (χ2n) is 4.17. The van der Waals surface area contributed by atoms with Gasteiger partial charge in [0, 0.05) is 11.6 Å². The summed E-state index contributed by atoms with van der Waals surface area (Å²) in [5.74, 6) is 0.174. The Labute approximate surface area is 91.7 Å². The molecule has 1 aromatic carbocycles. The van der Waals surface area contributed by atoms with Crippen LogP contribution < -0.4 is 5.32 Å². The van der Waals surface area contributed by atoms with E-state index in [2.05, 4.69) is 11.4 Å². The fourth-order valence-corrected chi connectivity index (χ4v) is 1.50. The van der Waals surface area contributed by atoms with E-state index in [1.807, 2.05) is 39.8 Å². The lowest BCUT2D eigenvalue weighted by molar-refractivity contribution is -0.119. The van der Waals surface area contributed by atoms with Gasteiger partial charge in [-0.25, -0.2) is 0 Å². The van der Waals surface area contributed by atoms with Gasteiger partial charge in [-0.3, -0.25) is 4.79 Å². The summed E-state index contributed by atoms with van der Waals surface area (Å²) in [5.41, 5.74) is 3.25. The summed E-state index contributed by atoms with van der Waals surface area (Å²) >= 11 is 0. The van der Waals surface area contributed by atoms with Gasteiger partial charge in [-0.2, -0.15) is 0 Å². The van der Waals surface area contributed by atoms with E-state index in [9.17, 15) is 4.79 Å². The number of carbonyl (C=O) groups excluding carboxylic acids is 1. The summed E-state index contributed by atoms with van der Waals surface area (Å²) in [6.45, 7) is 8.03. The first kappa shape index (κ1) is 11.8. The molecule has 0 fully saturated rings. The fourth-order valence-electron chi connectivity index (χ4n) is 1.50. The monoisotopic (exact) mass is 205 g/mol. The average molecular weight is 205 g/mol. The molecule has 82 valence electrons. The second kappa shape index (κ2) is 4.96. The van der Waals surface area contributed by atoms with Crippen LogP contribution in [0.5, 0.6) is 0 Å². The Balaban J connectivity index is 2.76. The zero-order valence-corrected chi connectivity index (χ0v) is 9.92. The normalized spacial score (nSPS) is 12.3. The van der Waals surface area contributed by atoms with Gasteiger partial charge in [0.1, 0.15) is 0 Å². The smallest absolute Gasteiger partial charge is 0.227 e. The number of carbonyl (C=O) groups is 1. The Bertz CT molecular complexity index is 337. The summed E-state index contributed by atoms with van der Waals surface area (Å²) in [4.78, 5) is 11.7. The van der Waals surface area contributed by atoms with Gasteiger partial charge in [0.05, 0.1) is 0 Å². The van der Waals surface area contributed by atoms with E-state index in [4.69, 9.17) is 0 Å². The van der Waals surface area contributed by atoms with Crippen molar-refractivity contribution in [3.05, 3.63) is 29.3 Å². The van der Waals surface area contributed by atoms with Crippen molar-refractivity contribution in [2.45, 2.75) is 34.1 Å². The molecule has 2 heteroatoms. The molecule has 1 N–H and O–H groups in total. The number of hydrogen-bond donors (Lipinski definition) is 1. The zero-order valence-electron chi connectivity index (χ0n) is 9.92. The van der Waals surface area contributed by atoms with Crippen LogP contribution in [-0.4, -0.2) is 5.91 Å². The van der Waals surface area contributed by atoms with Crippen molar-refractivity contribution in [3.63, 3.8) is 0 Å². The largest absolute Gasteiger partial charge is 0.326 e. The Kier molecular flexibility index (Phi) is 3.89. The van der Waals surface area contributed by atoms with Crippen LogP contribution in [0.2, 0.25) is 0 Å². The molecule has 0 saturated heterocycles. The Morgan fingerprint density at radius 2 is 1.80 bits per heavy atom. The number of nitrogens with one attached hydrogen (secondary N) is 1. The van der Waals surface area contributed by atoms with Gasteiger partial charge >= 0.3 is 0 Å². The molecule has 1 atom stereocenters. The van der Waals surface area contributed by atoms with Crippen molar-refractivity contribution >= 4 is 11.6 Å². The van der Waals surface area contributed by atoms with E-state index >= 15 is 0 Å². The minimum Gasteiger partial charge on any atom is -0.326 e. The Morgan fingerprint density at radius 3 is 2.27 bits per heavy atom. The van der Waals surface area contributed by atoms with Gasteiger partial charge in [0.25, 0.3) is 0 Å². The Morgan fingerprint density at radius 1 is 1.27 bits per heavy atom. The predicted octanol–water partition coefficient (Wildman–Crippen LogP) is 3.29. The molecule has 0 spiro atoms. The molecular formula is C13H19NO. The molecule has 0 bridgehead atoms. The highest BCUT2D eigenvalue weighted by atomic mass is 16.1. The van der Waals surface area contributed by atoms with Crippen molar-refractivity contribution in [3.8, 4) is 0 Å². The molecule has 1 aromatic rings. The van der Waals surface area contributed by atoms with Crippen LogP contribution in [0, 0.1) is 19.8 Å². The summed E-state index contributed by atoms with van der Waals surface area (Å²) in [6, 6.07) is 6.08. The summed E-state index contributed by atoms with van der Waals surface area (Å²) < 4.78 is 0. The molecular weight excluding hydrogens is 186 g/mol. The predicted molar refractivity (Wildman–Crippen MR) is 64.0 cm³/mol. The first-order valence-corrected chi connectivity index (χ1v) is 5.42. The lowest BCUT2D eigenvalue weighted by atomic mass is 10.1. The van der Waals surface area contributed by atoms with Crippen molar-refractivity contribution in [2.24, 2.45) is 5.92 Å². The van der Waals surface area contributed by atoms with E-state index in [1.165, 1.54) is 11.1 Å². The van der Waals surface area contributed by atoms with Gasteiger partial charge in [-0.05, 0) is 43.5 Å². The third-order valence-corrected chi connectivity index (χ3v) is 2.55. The number of amides is 1. The van der Waals surface area contributed by atoms with Crippen LogP contribution in [-0.2, 0) is 4.79 Å². The minimum absolute atomic E-state index is 0.0748. The maximum Gasteiger partial charge on any atom is 0.227 e. The van der Waals surface area contributed by atoms with Gasteiger partial charge in [0.2, 0.25) is 5.91 Å². The average Bonchev–Trinajstić information content (AvgIpc) is 2.14. The second-order valence-corrected chi connectivity index (χ2v) is 4.17. The molecule has 1 amide bonds. The minimum atomic E-state index is 0.0748. The van der Waals surface area contributed by atoms with E-state index in [0.717, 1.165) is 12.1 Å². The molecule has 0 heterocycles. The number of rotatable bonds is 3. The third kappa shape index (κ3) is 3.39. The molecule has 2 nitrogen and oxygen atoms in total. The van der Waals surface area contributed by atoms with Gasteiger partial charge in [-0.15, -0.1) is 0 Å². The van der Waals surface area contributed by atoms with E-state index in [1.54, 1.807) is 0 Å². The molecule has 0 saturated carbocycles. The molecule has 0 aliphatic rings. The topological polar surface area (TPSA) is 29.1 Å². The highest BCUT2D eigenvalue weighted by molar-refractivity contribution is 5.92. The number of aryl methyl sites for hydroxylation is 2. The lowest BCUT2D eigenvalue weighted by Crippen LogP contribution is -2.19. The van der Waals surface area contributed by atoms with Crippen molar-refractivity contribution in [1.82, 2.24) is 0 Å². The lowest BCUT2D eigenvalue weighted by Gasteiger charge is -2.11. The van der Waals surface area contributed by atoms with Crippen molar-refractivity contribution in [1.29, 1.82) is 0 Å². The maximum absolute atomic E-state index is 11.7. The molecule has 0 unspecified atom stereocenters. The van der Waals surface area contributed by atoms with E-state index in [-0.39, 0.29) is 11.8 Å². The fraction of sp³-hybridized carbons (Fsp3) is 0.462. The van der Waals surface area contributed by atoms with Gasteiger partial charge < -0.3 is 5.32 Å². The highest BCUT2D eigenvalue weighted by Crippen LogP contribution is 2.15. The molecule has 15 heavy (non-hydrogen) atoms. The standard InChI is InChI=1S/C13H19NO/c1-5-11(4)13(15)14-12-7-9(2)6-10(3)8-12/h6-8,11H,5H2,1-4H3,(H,14,15)/t11-/m0/s1. The van der Waals surface area contributed by atoms with Gasteiger partial charge in [0.15, 0.2) is 0 Å². The molecule has 0 aliphatic carbocycles. The van der Waals surface area contributed by atoms with Crippen molar-refractivity contribution in [2.75, 3.05) is 5.32 Å². The molecule has 0 aromatic heterocycles. The summed E-state index contributed by atoms with van der Waals surface area (Å²) in [6.07, 6.45) is 0.872. The first-order valence-electron chi connectivity index (χ1n) is 5.42. The number of hydrogen-bond acceptors (Lipinski definition) is 1. The Hall–Kier alpha value is -1.31. The summed E-state index contributed by atoms with van der Waals surface area (Å²) in [7, 11) is 0. The first-order chi connectivity index (χ1) is 7.02. The van der Waals surface area contributed by atoms with E-state index in [0.29, 0.717) is 0 Å². The van der Waals surface area contributed by atoms with E-state index < -0.39 is 0 Å². The van der Waals surface area contributed by atoms with Crippen LogP contribution in [0.15, 0.2) is 18.2 Å². The highest BCUT2D eigenvalue weighted by Gasteiger charge is 2.10. The molecule has 1 rings (SSSR count). The van der Waals surface area contributed by atoms with Gasteiger partial charge in [-0.1, -0.05) is 19.9 Å². The molecule has 0 aliphatic heterocycles. The van der Waals surface area contributed by atoms with Crippen LogP contribution in [0.3, 0.4) is 0 Å². The van der Waals surface area contributed by atoms with Crippen LogP contribution >= 0.6 is 0 Å².